The molecule has 0 bridgehead atoms. The van der Waals surface area contributed by atoms with E-state index < -0.39 is 48.4 Å². The van der Waals surface area contributed by atoms with Gasteiger partial charge in [-0.25, -0.2) is 0 Å². The smallest absolute Gasteiger partial charge is 0.144 e. The van der Waals surface area contributed by atoms with Crippen LogP contribution in [0.1, 0.15) is 241 Å². The predicted molar refractivity (Wildman–Crippen MR) is 597 cm³/mol. The Hall–Kier alpha value is -7.04. The first-order valence-corrected chi connectivity index (χ1v) is 66.8. The van der Waals surface area contributed by atoms with Crippen molar-refractivity contribution in [3.63, 3.8) is 0 Å². The molecule has 12 heteroatoms. The maximum absolute atomic E-state index is 4.24. The zero-order chi connectivity index (χ0) is 91.5. The highest BCUT2D eigenvalue weighted by Gasteiger charge is 2.61. The third-order valence-corrected chi connectivity index (χ3v) is 68.9. The van der Waals surface area contributed by atoms with E-state index in [2.05, 4.69) is 418 Å². The Kier molecular flexibility index (Phi) is 28.3. The average molecular weight is 1870 g/mol. The number of thiophene rings is 6. The Morgan fingerprint density at radius 1 is 0.190 bits per heavy atom. The van der Waals surface area contributed by atoms with Crippen molar-refractivity contribution in [3.8, 4) is 68.8 Å². The lowest BCUT2D eigenvalue weighted by Gasteiger charge is -2.55. The summed E-state index contributed by atoms with van der Waals surface area (Å²) in [6.07, 6.45) is 0. The molecule has 0 fully saturated rings. The maximum Gasteiger partial charge on any atom is 0.154 e. The summed E-state index contributed by atoms with van der Waals surface area (Å²) in [7, 11) is -11.1. The van der Waals surface area contributed by atoms with E-state index in [1.54, 1.807) is 0 Å². The number of hydrogen-bond acceptors (Lipinski definition) is 6. The van der Waals surface area contributed by atoms with E-state index >= 15 is 0 Å². The van der Waals surface area contributed by atoms with Gasteiger partial charge in [-0.15, -0.1) is 101 Å². The second-order valence-corrected chi connectivity index (χ2v) is 80.2. The average Bonchev–Trinajstić information content (AvgIpc) is 1.46. The van der Waals surface area contributed by atoms with E-state index in [1.807, 2.05) is 68.0 Å². The van der Waals surface area contributed by atoms with Crippen molar-refractivity contribution in [2.75, 3.05) is 0 Å². The van der Waals surface area contributed by atoms with Crippen LogP contribution in [0.5, 0.6) is 0 Å². The number of rotatable bonds is 12. The Bertz CT molecular complexity index is 6030. The van der Waals surface area contributed by atoms with Gasteiger partial charge in [0.05, 0.1) is 0 Å². The summed E-state index contributed by atoms with van der Waals surface area (Å²) in [6.45, 7) is 72.1. The first-order chi connectivity index (χ1) is 59.5. The molecule has 0 unspecified atom stereocenters. The quantitative estimate of drug-likeness (QED) is 0.0650. The highest BCUT2D eigenvalue weighted by Crippen LogP contribution is 2.64. The molecular weight excluding hydrogens is 1730 g/mol. The van der Waals surface area contributed by atoms with Gasteiger partial charge >= 0.3 is 0 Å². The molecular formula is C114H138S6Si6. The summed E-state index contributed by atoms with van der Waals surface area (Å²) in [4.78, 5) is 0. The largest absolute Gasteiger partial charge is 0.154 e. The lowest BCUT2D eigenvalue weighted by Crippen LogP contribution is -2.57. The van der Waals surface area contributed by atoms with E-state index in [0.29, 0.717) is 0 Å². The molecule has 0 saturated heterocycles. The van der Waals surface area contributed by atoms with Gasteiger partial charge in [0.2, 0.25) is 0 Å². The summed E-state index contributed by atoms with van der Waals surface area (Å²) in [5, 5.41) is 36.8. The van der Waals surface area contributed by atoms with Crippen LogP contribution in [0.25, 0.3) is 125 Å². The number of hydrogen-bond donors (Lipinski definition) is 0. The van der Waals surface area contributed by atoms with Crippen LogP contribution in [0.3, 0.4) is 0 Å². The van der Waals surface area contributed by atoms with Crippen LogP contribution in [0.15, 0.2) is 141 Å². The van der Waals surface area contributed by atoms with Gasteiger partial charge in [-0.2, -0.15) is 0 Å². The molecule has 0 amide bonds. The molecule has 0 aliphatic carbocycles. The minimum absolute atomic E-state index is 0.0794. The van der Waals surface area contributed by atoms with Crippen LogP contribution in [0.4, 0.5) is 0 Å². The molecule has 0 nitrogen and oxygen atoms in total. The van der Waals surface area contributed by atoms with Gasteiger partial charge in [0.25, 0.3) is 0 Å². The van der Waals surface area contributed by atoms with Crippen LogP contribution in [0, 0.1) is 68.8 Å². The van der Waals surface area contributed by atoms with Gasteiger partial charge in [-0.3, -0.25) is 0 Å². The van der Waals surface area contributed by atoms with Crippen molar-refractivity contribution in [3.05, 3.63) is 175 Å². The minimum Gasteiger partial charge on any atom is -0.144 e. The fraction of sp³-hybridized carbons (Fsp3) is 0.421. The van der Waals surface area contributed by atoms with Crippen LogP contribution >= 0.6 is 68.0 Å². The molecule has 0 aliphatic rings. The number of fused-ring (bicyclic) bond motifs is 12. The highest BCUT2D eigenvalue weighted by molar-refractivity contribution is 7.19. The predicted octanol–water partition coefficient (Wildman–Crippen LogP) is 38.3. The zero-order valence-electron chi connectivity index (χ0n) is 81.8. The third kappa shape index (κ3) is 17.6. The van der Waals surface area contributed by atoms with Crippen molar-refractivity contribution in [2.45, 2.75) is 310 Å². The first-order valence-electron chi connectivity index (χ1n) is 47.0. The Morgan fingerprint density at radius 2 is 0.317 bits per heavy atom. The Morgan fingerprint density at radius 3 is 0.444 bits per heavy atom. The minimum atomic E-state index is -2.33. The van der Waals surface area contributed by atoms with Crippen LogP contribution in [-0.2, 0) is 0 Å². The van der Waals surface area contributed by atoms with Crippen LogP contribution in [0.2, 0.25) is 103 Å². The summed E-state index contributed by atoms with van der Waals surface area (Å²) in [6, 6.07) is 57.0. The second kappa shape index (κ2) is 37.0. The van der Waals surface area contributed by atoms with Crippen LogP contribution in [-0.4, -0.2) is 48.4 Å². The lowest BCUT2D eigenvalue weighted by molar-refractivity contribution is 0.548. The maximum atomic E-state index is 4.24. The molecule has 654 valence electrons. The lowest BCUT2D eigenvalue weighted by atomic mass is 9.91. The van der Waals surface area contributed by atoms with E-state index in [0.717, 1.165) is 0 Å². The Labute approximate surface area is 788 Å². The van der Waals surface area contributed by atoms with Crippen molar-refractivity contribution in [1.82, 2.24) is 0 Å². The Balaban J connectivity index is 0.000000164. The summed E-state index contributed by atoms with van der Waals surface area (Å²) in [5.41, 5.74) is 31.4. The van der Waals surface area contributed by atoms with Gasteiger partial charge in [-0.1, -0.05) is 243 Å². The van der Waals surface area contributed by atoms with E-state index in [9.17, 15) is 0 Å². The summed E-state index contributed by atoms with van der Waals surface area (Å²) in [5.74, 6) is 23.5. The summed E-state index contributed by atoms with van der Waals surface area (Å²) < 4.78 is 7.95. The SMILES string of the molecule is CC(C)(C)[Si](C#Cc1c2cc3ccsc3cc2c(C#C[Si](C(C)(C)C)(C(C)(C)C)C(C)(C)C)c2cc3ccsc3cc12)(C(C)(C)C)C(C)(C)C.CC[Si](C#Cc1c2cc3ccsc3cc2c(C#C[Si](CC)(CC)CC)c2cc3ccsc3cc12)(CC)CC.CC[Si](C#Cc1c2cc3ccsc3cc2c(C#C[Si](CC)(CC)CC)c2cc3sccc3cc12)(CC)CC. The van der Waals surface area contributed by atoms with Crippen molar-refractivity contribution in [1.29, 1.82) is 0 Å². The molecule has 0 N–H and O–H groups in total. The molecule has 0 spiro atoms. The standard InChI is InChI=1S/C46H62S2Si2.2C34H38S2Si2/c1-41(2,3)49(42(4,5)6,43(7,8)9)25-21-33-35-27-31-19-23-48-40(31)30-38(35)34(36-28-32-20-24-47-39(32)29-37(33)36)22-26-50(44(10,11)12,45(13,14)15)46(16,17)18;1-7-37(8-2,9-3)19-15-27-29-21-25-13-17-36-34(25)24-32(29)28(16-20-38(10-4,11-5)12-6)30-22-26-14-18-35-33(26)23-31(27)30;1-7-37(8-2,9-3)19-15-27-29-21-25-13-17-35-33(25)23-31(29)28(16-20-38(10-4,11-5)12-6)32-24-34-26(14-18-36-34)22-30(27)32/h19-20,23-24,27-30H,1-18H3;2*13-14,17-18,21-24H,7-12H2,1-6H3. The summed E-state index contributed by atoms with van der Waals surface area (Å²) >= 11 is 10.9. The number of benzene rings is 9. The highest BCUT2D eigenvalue weighted by atomic mass is 32.1. The van der Waals surface area contributed by atoms with Crippen molar-refractivity contribution >= 4 is 242 Å². The van der Waals surface area contributed by atoms with Gasteiger partial charge in [0.1, 0.15) is 32.3 Å². The third-order valence-electron chi connectivity index (χ3n) is 30.2. The molecule has 0 radical (unpaired) electrons. The van der Waals surface area contributed by atoms with Gasteiger partial charge in [0, 0.05) is 93.9 Å². The fourth-order valence-electron chi connectivity index (χ4n) is 23.2. The van der Waals surface area contributed by atoms with Crippen LogP contribution < -0.4 is 0 Å². The first kappa shape index (κ1) is 96.5. The fourth-order valence-corrected chi connectivity index (χ4v) is 54.2. The van der Waals surface area contributed by atoms with Gasteiger partial charge in [-0.05, 0) is 309 Å². The normalized spacial score (nSPS) is 13.0. The van der Waals surface area contributed by atoms with Gasteiger partial charge < -0.3 is 0 Å². The molecule has 0 atom stereocenters. The topological polar surface area (TPSA) is 0 Å². The molecule has 15 rings (SSSR count). The van der Waals surface area contributed by atoms with Crippen molar-refractivity contribution in [2.24, 2.45) is 0 Å². The molecule has 6 aromatic heterocycles. The molecule has 15 aromatic rings. The van der Waals surface area contributed by atoms with E-state index in [1.165, 1.54) is 231 Å². The van der Waals surface area contributed by atoms with E-state index in [-0.39, 0.29) is 30.2 Å². The molecule has 126 heavy (non-hydrogen) atoms. The monoisotopic (exact) mass is 1870 g/mol. The zero-order valence-corrected chi connectivity index (χ0v) is 92.7. The van der Waals surface area contributed by atoms with Crippen molar-refractivity contribution < 1.29 is 0 Å². The molecule has 9 aromatic carbocycles. The second-order valence-electron chi connectivity index (χ2n) is 42.3. The molecule has 0 aliphatic heterocycles. The molecule has 0 saturated carbocycles. The van der Waals surface area contributed by atoms with E-state index in [4.69, 9.17) is 0 Å². The molecule has 6 heterocycles. The van der Waals surface area contributed by atoms with Gasteiger partial charge in [0.15, 0.2) is 16.1 Å².